The molecule has 0 bridgehead atoms. The zero-order valence-corrected chi connectivity index (χ0v) is 19.6. The minimum absolute atomic E-state index is 0.0432. The Morgan fingerprint density at radius 3 is 2.61 bits per heavy atom. The molecule has 8 nitrogen and oxygen atoms in total. The van der Waals surface area contributed by atoms with E-state index in [0.29, 0.717) is 48.8 Å². The van der Waals surface area contributed by atoms with Crippen molar-refractivity contribution in [3.05, 3.63) is 58.7 Å². The van der Waals surface area contributed by atoms with Crippen molar-refractivity contribution >= 4 is 17.7 Å². The van der Waals surface area contributed by atoms with Gasteiger partial charge in [-0.05, 0) is 51.7 Å². The monoisotopic (exact) mass is 449 g/mol. The molecule has 1 saturated heterocycles. The number of likely N-dealkylation sites (tertiary alicyclic amines) is 1. The van der Waals surface area contributed by atoms with E-state index in [1.165, 1.54) is 0 Å². The fourth-order valence-electron chi connectivity index (χ4n) is 4.73. The largest absolute Gasteiger partial charge is 0.339 e. The second kappa shape index (κ2) is 9.68. The number of aryl methyl sites for hydroxylation is 1. The van der Waals surface area contributed by atoms with Gasteiger partial charge in [0, 0.05) is 37.9 Å². The van der Waals surface area contributed by atoms with Gasteiger partial charge in [0.2, 0.25) is 5.91 Å². The van der Waals surface area contributed by atoms with Crippen LogP contribution in [0.25, 0.3) is 0 Å². The SMILES string of the molecule is CCN(CC)C(=O)c1cnc([C@H]2CCCCN2C(=O)CN2Cc3ccccc3C2=O)nc1C. The average Bonchev–Trinajstić information content (AvgIpc) is 3.14. The van der Waals surface area contributed by atoms with Crippen LogP contribution in [0.15, 0.2) is 30.5 Å². The fourth-order valence-corrected chi connectivity index (χ4v) is 4.73. The summed E-state index contributed by atoms with van der Waals surface area (Å²) in [6.07, 6.45) is 4.25. The molecule has 3 amide bonds. The number of carbonyl (C=O) groups excluding carboxylic acids is 3. The second-order valence-electron chi connectivity index (χ2n) is 8.62. The molecule has 1 aromatic heterocycles. The Hall–Kier alpha value is -3.29. The van der Waals surface area contributed by atoms with Crippen LogP contribution in [0.5, 0.6) is 0 Å². The zero-order chi connectivity index (χ0) is 23.5. The smallest absolute Gasteiger partial charge is 0.257 e. The standard InChI is InChI=1S/C25H31N5O3/c1-4-28(5-2)25(33)20-14-26-23(27-17(20)3)21-12-8-9-13-30(21)22(31)16-29-15-18-10-6-7-11-19(18)24(29)32/h6-7,10-11,14,21H,4-5,8-9,12-13,15-16H2,1-3H3/t21-/m1/s1. The van der Waals surface area contributed by atoms with Crippen LogP contribution in [0.2, 0.25) is 0 Å². The van der Waals surface area contributed by atoms with Crippen LogP contribution in [0.4, 0.5) is 0 Å². The molecule has 2 aliphatic heterocycles. The molecule has 4 rings (SSSR count). The van der Waals surface area contributed by atoms with Crippen LogP contribution in [0.1, 0.15) is 76.9 Å². The van der Waals surface area contributed by atoms with E-state index in [2.05, 4.69) is 9.97 Å². The molecular formula is C25H31N5O3. The Labute approximate surface area is 194 Å². The first kappa shape index (κ1) is 22.9. The van der Waals surface area contributed by atoms with E-state index < -0.39 is 0 Å². The number of aromatic nitrogens is 2. The van der Waals surface area contributed by atoms with E-state index in [0.717, 1.165) is 24.8 Å². The molecule has 3 heterocycles. The van der Waals surface area contributed by atoms with Gasteiger partial charge in [-0.1, -0.05) is 18.2 Å². The number of benzene rings is 1. The number of amides is 3. The third kappa shape index (κ3) is 4.47. The molecule has 174 valence electrons. The van der Waals surface area contributed by atoms with Crippen LogP contribution in [-0.2, 0) is 11.3 Å². The van der Waals surface area contributed by atoms with Gasteiger partial charge in [0.05, 0.1) is 17.3 Å². The molecular weight excluding hydrogens is 418 g/mol. The van der Waals surface area contributed by atoms with Crippen LogP contribution in [-0.4, -0.2) is 68.6 Å². The van der Waals surface area contributed by atoms with Crippen LogP contribution < -0.4 is 0 Å². The van der Waals surface area contributed by atoms with Crippen molar-refractivity contribution in [1.82, 2.24) is 24.7 Å². The normalized spacial score (nSPS) is 17.8. The average molecular weight is 450 g/mol. The van der Waals surface area contributed by atoms with E-state index >= 15 is 0 Å². The minimum Gasteiger partial charge on any atom is -0.339 e. The summed E-state index contributed by atoms with van der Waals surface area (Å²) in [6, 6.07) is 7.24. The maximum absolute atomic E-state index is 13.3. The molecule has 0 aliphatic carbocycles. The Balaban J connectivity index is 1.51. The molecule has 0 spiro atoms. The molecule has 1 aromatic carbocycles. The molecule has 2 aliphatic rings. The van der Waals surface area contributed by atoms with Gasteiger partial charge in [-0.2, -0.15) is 0 Å². The third-order valence-corrected chi connectivity index (χ3v) is 6.62. The lowest BCUT2D eigenvalue weighted by molar-refractivity contribution is -0.136. The molecule has 0 unspecified atom stereocenters. The topological polar surface area (TPSA) is 86.7 Å². The number of hydrogen-bond donors (Lipinski definition) is 0. The van der Waals surface area contributed by atoms with Crippen molar-refractivity contribution in [2.75, 3.05) is 26.2 Å². The number of carbonyl (C=O) groups is 3. The molecule has 1 atom stereocenters. The van der Waals surface area contributed by atoms with E-state index in [9.17, 15) is 14.4 Å². The van der Waals surface area contributed by atoms with Crippen molar-refractivity contribution in [3.63, 3.8) is 0 Å². The summed E-state index contributed by atoms with van der Waals surface area (Å²) in [5, 5.41) is 0. The summed E-state index contributed by atoms with van der Waals surface area (Å²) >= 11 is 0. The zero-order valence-electron chi connectivity index (χ0n) is 19.6. The number of piperidine rings is 1. The molecule has 8 heteroatoms. The van der Waals surface area contributed by atoms with E-state index in [1.807, 2.05) is 45.0 Å². The predicted octanol–water partition coefficient (Wildman–Crippen LogP) is 2.98. The maximum Gasteiger partial charge on any atom is 0.257 e. The maximum atomic E-state index is 13.3. The summed E-state index contributed by atoms with van der Waals surface area (Å²) in [5.74, 6) is 0.296. The second-order valence-corrected chi connectivity index (χ2v) is 8.62. The Morgan fingerprint density at radius 1 is 1.15 bits per heavy atom. The van der Waals surface area contributed by atoms with Gasteiger partial charge in [-0.3, -0.25) is 14.4 Å². The predicted molar refractivity (Wildman–Crippen MR) is 124 cm³/mol. The molecule has 0 saturated carbocycles. The minimum atomic E-state index is -0.248. The highest BCUT2D eigenvalue weighted by Gasteiger charge is 2.34. The van der Waals surface area contributed by atoms with Crippen LogP contribution in [0.3, 0.4) is 0 Å². The lowest BCUT2D eigenvalue weighted by atomic mass is 10.0. The summed E-state index contributed by atoms with van der Waals surface area (Å²) in [5.41, 5.74) is 2.75. The first-order valence-corrected chi connectivity index (χ1v) is 11.7. The molecule has 0 N–H and O–H groups in total. The van der Waals surface area contributed by atoms with Gasteiger partial charge in [-0.15, -0.1) is 0 Å². The third-order valence-electron chi connectivity index (χ3n) is 6.62. The quantitative estimate of drug-likeness (QED) is 0.677. The highest BCUT2D eigenvalue weighted by molar-refractivity contribution is 6.00. The summed E-state index contributed by atoms with van der Waals surface area (Å²) in [7, 11) is 0. The van der Waals surface area contributed by atoms with Crippen molar-refractivity contribution < 1.29 is 14.4 Å². The van der Waals surface area contributed by atoms with E-state index in [-0.39, 0.29) is 30.3 Å². The number of fused-ring (bicyclic) bond motifs is 1. The van der Waals surface area contributed by atoms with E-state index in [1.54, 1.807) is 20.9 Å². The van der Waals surface area contributed by atoms with Gasteiger partial charge in [0.25, 0.3) is 11.8 Å². The first-order chi connectivity index (χ1) is 15.9. The lowest BCUT2D eigenvalue weighted by Gasteiger charge is -2.36. The molecule has 1 fully saturated rings. The first-order valence-electron chi connectivity index (χ1n) is 11.7. The van der Waals surface area contributed by atoms with Gasteiger partial charge in [-0.25, -0.2) is 9.97 Å². The number of nitrogens with zero attached hydrogens (tertiary/aromatic N) is 5. The Bertz CT molecular complexity index is 1070. The highest BCUT2D eigenvalue weighted by atomic mass is 16.2. The molecule has 0 radical (unpaired) electrons. The van der Waals surface area contributed by atoms with Gasteiger partial charge in [0.1, 0.15) is 6.54 Å². The Kier molecular flexibility index (Phi) is 6.72. The molecule has 33 heavy (non-hydrogen) atoms. The van der Waals surface area contributed by atoms with Gasteiger partial charge < -0.3 is 14.7 Å². The summed E-state index contributed by atoms with van der Waals surface area (Å²) in [4.78, 5) is 53.1. The van der Waals surface area contributed by atoms with Crippen molar-refractivity contribution in [2.24, 2.45) is 0 Å². The molecule has 2 aromatic rings. The van der Waals surface area contributed by atoms with Crippen LogP contribution >= 0.6 is 0 Å². The van der Waals surface area contributed by atoms with Gasteiger partial charge >= 0.3 is 0 Å². The van der Waals surface area contributed by atoms with E-state index in [4.69, 9.17) is 0 Å². The van der Waals surface area contributed by atoms with Crippen LogP contribution in [0, 0.1) is 6.92 Å². The lowest BCUT2D eigenvalue weighted by Crippen LogP contribution is -2.45. The van der Waals surface area contributed by atoms with Crippen molar-refractivity contribution in [2.45, 2.75) is 52.6 Å². The fraction of sp³-hybridized carbons (Fsp3) is 0.480. The van der Waals surface area contributed by atoms with Crippen molar-refractivity contribution in [1.29, 1.82) is 0 Å². The highest BCUT2D eigenvalue weighted by Crippen LogP contribution is 2.30. The Morgan fingerprint density at radius 2 is 1.91 bits per heavy atom. The summed E-state index contributed by atoms with van der Waals surface area (Å²) < 4.78 is 0. The van der Waals surface area contributed by atoms with Gasteiger partial charge in [0.15, 0.2) is 5.82 Å². The number of rotatable bonds is 6. The summed E-state index contributed by atoms with van der Waals surface area (Å²) in [6.45, 7) is 8.07. The number of hydrogen-bond acceptors (Lipinski definition) is 5. The van der Waals surface area contributed by atoms with Crippen molar-refractivity contribution in [3.8, 4) is 0 Å².